The maximum Gasteiger partial charge on any atom is 0.0721 e. The molecule has 3 heteroatoms. The van der Waals surface area contributed by atoms with Crippen LogP contribution in [0.3, 0.4) is 0 Å². The van der Waals surface area contributed by atoms with E-state index in [0.29, 0.717) is 19.8 Å². The lowest BCUT2D eigenvalue weighted by Crippen LogP contribution is -1.98. The van der Waals surface area contributed by atoms with Crippen molar-refractivity contribution in [2.24, 2.45) is 5.73 Å². The minimum Gasteiger partial charge on any atom is -0.372 e. The Morgan fingerprint density at radius 3 is 2.28 bits per heavy atom. The molecule has 0 saturated carbocycles. The second-order valence-corrected chi connectivity index (χ2v) is 4.58. The van der Waals surface area contributed by atoms with Gasteiger partial charge in [0.25, 0.3) is 0 Å². The van der Waals surface area contributed by atoms with Crippen molar-refractivity contribution in [1.29, 1.82) is 0 Å². The molecule has 0 spiro atoms. The van der Waals surface area contributed by atoms with Crippen molar-refractivity contribution in [2.45, 2.75) is 19.8 Å². The molecule has 0 fully saturated rings. The first kappa shape index (κ1) is 13.1. The summed E-state index contributed by atoms with van der Waals surface area (Å²) in [5.41, 5.74) is 8.99. The molecule has 2 aromatic rings. The fourth-order valence-electron chi connectivity index (χ4n) is 1.71. The van der Waals surface area contributed by atoms with Crippen molar-refractivity contribution in [1.82, 2.24) is 0 Å². The van der Waals surface area contributed by atoms with Gasteiger partial charge in [-0.2, -0.15) is 0 Å². The van der Waals surface area contributed by atoms with Crippen LogP contribution in [0.15, 0.2) is 48.5 Å². The van der Waals surface area contributed by atoms with Crippen LogP contribution in [0.25, 0.3) is 0 Å². The zero-order valence-corrected chi connectivity index (χ0v) is 10.9. The predicted octanol–water partition coefficient (Wildman–Crippen LogP) is 3.52. The molecule has 2 N–H and O–H groups in total. The van der Waals surface area contributed by atoms with E-state index in [2.05, 4.69) is 6.07 Å². The van der Waals surface area contributed by atoms with Gasteiger partial charge in [0.05, 0.1) is 13.2 Å². The van der Waals surface area contributed by atoms with E-state index in [4.69, 9.17) is 22.1 Å². The van der Waals surface area contributed by atoms with Gasteiger partial charge in [-0.3, -0.25) is 0 Å². The Morgan fingerprint density at radius 1 is 0.889 bits per heavy atom. The Hall–Kier alpha value is -1.35. The second-order valence-electron chi connectivity index (χ2n) is 4.14. The fraction of sp³-hybridized carbons (Fsp3) is 0.200. The monoisotopic (exact) mass is 261 g/mol. The number of hydrogen-bond donors (Lipinski definition) is 1. The minimum atomic E-state index is 0.561. The SMILES string of the molecule is NCc1cccc(COCc2ccc(Cl)cc2)c1. The van der Waals surface area contributed by atoms with Crippen LogP contribution in [-0.2, 0) is 24.5 Å². The average Bonchev–Trinajstić information content (AvgIpc) is 2.41. The highest BCUT2D eigenvalue weighted by molar-refractivity contribution is 6.30. The van der Waals surface area contributed by atoms with E-state index in [1.54, 1.807) is 0 Å². The van der Waals surface area contributed by atoms with Gasteiger partial charge in [-0.25, -0.2) is 0 Å². The molecule has 0 aliphatic carbocycles. The van der Waals surface area contributed by atoms with Crippen LogP contribution in [0.2, 0.25) is 5.02 Å². The molecule has 0 saturated heterocycles. The summed E-state index contributed by atoms with van der Waals surface area (Å²) in [6.07, 6.45) is 0. The van der Waals surface area contributed by atoms with Crippen LogP contribution in [-0.4, -0.2) is 0 Å². The first-order valence-corrected chi connectivity index (χ1v) is 6.26. The van der Waals surface area contributed by atoms with E-state index >= 15 is 0 Å². The molecule has 0 unspecified atom stereocenters. The normalized spacial score (nSPS) is 10.6. The van der Waals surface area contributed by atoms with Gasteiger partial charge in [0, 0.05) is 11.6 Å². The van der Waals surface area contributed by atoms with E-state index in [-0.39, 0.29) is 0 Å². The van der Waals surface area contributed by atoms with Gasteiger partial charge in [-0.15, -0.1) is 0 Å². The highest BCUT2D eigenvalue weighted by Gasteiger charge is 1.97. The number of halogens is 1. The zero-order chi connectivity index (χ0) is 12.8. The molecule has 0 atom stereocenters. The van der Waals surface area contributed by atoms with Gasteiger partial charge in [-0.1, -0.05) is 48.0 Å². The second kappa shape index (κ2) is 6.55. The largest absolute Gasteiger partial charge is 0.372 e. The van der Waals surface area contributed by atoms with Crippen molar-refractivity contribution >= 4 is 11.6 Å². The number of hydrogen-bond acceptors (Lipinski definition) is 2. The van der Waals surface area contributed by atoms with Crippen molar-refractivity contribution in [3.63, 3.8) is 0 Å². The van der Waals surface area contributed by atoms with Crippen LogP contribution in [0, 0.1) is 0 Å². The fourth-order valence-corrected chi connectivity index (χ4v) is 1.84. The molecule has 0 aliphatic heterocycles. The average molecular weight is 262 g/mol. The van der Waals surface area contributed by atoms with Crippen molar-refractivity contribution in [2.75, 3.05) is 0 Å². The van der Waals surface area contributed by atoms with Gasteiger partial charge in [0.15, 0.2) is 0 Å². The van der Waals surface area contributed by atoms with Crippen LogP contribution < -0.4 is 5.73 Å². The van der Waals surface area contributed by atoms with Gasteiger partial charge in [-0.05, 0) is 28.8 Å². The molecular formula is C15H16ClNO. The predicted molar refractivity (Wildman–Crippen MR) is 74.3 cm³/mol. The smallest absolute Gasteiger partial charge is 0.0721 e. The summed E-state index contributed by atoms with van der Waals surface area (Å²) >= 11 is 5.82. The summed E-state index contributed by atoms with van der Waals surface area (Å²) in [5.74, 6) is 0. The summed E-state index contributed by atoms with van der Waals surface area (Å²) in [7, 11) is 0. The molecule has 0 bridgehead atoms. The first-order chi connectivity index (χ1) is 8.78. The van der Waals surface area contributed by atoms with E-state index in [1.807, 2.05) is 42.5 Å². The van der Waals surface area contributed by atoms with Crippen LogP contribution in [0.4, 0.5) is 0 Å². The first-order valence-electron chi connectivity index (χ1n) is 5.88. The Bertz CT molecular complexity index is 496. The number of ether oxygens (including phenoxy) is 1. The summed E-state index contributed by atoms with van der Waals surface area (Å²) in [4.78, 5) is 0. The summed E-state index contributed by atoms with van der Waals surface area (Å²) < 4.78 is 5.66. The molecule has 2 aromatic carbocycles. The Kier molecular flexibility index (Phi) is 4.76. The third-order valence-electron chi connectivity index (χ3n) is 2.68. The Morgan fingerprint density at radius 2 is 1.56 bits per heavy atom. The summed E-state index contributed by atoms with van der Waals surface area (Å²) in [6, 6.07) is 15.8. The van der Waals surface area contributed by atoms with Gasteiger partial charge >= 0.3 is 0 Å². The van der Waals surface area contributed by atoms with Crippen molar-refractivity contribution in [3.8, 4) is 0 Å². The van der Waals surface area contributed by atoms with Crippen LogP contribution in [0.1, 0.15) is 16.7 Å². The topological polar surface area (TPSA) is 35.2 Å². The lowest BCUT2D eigenvalue weighted by atomic mass is 10.1. The van der Waals surface area contributed by atoms with E-state index in [1.165, 1.54) is 0 Å². The summed E-state index contributed by atoms with van der Waals surface area (Å²) in [5, 5.41) is 0.745. The standard InChI is InChI=1S/C15H16ClNO/c16-15-6-4-12(5-7-15)10-18-11-14-3-1-2-13(8-14)9-17/h1-8H,9-11,17H2. The molecule has 0 aromatic heterocycles. The van der Waals surface area contributed by atoms with E-state index in [9.17, 15) is 0 Å². The lowest BCUT2D eigenvalue weighted by Gasteiger charge is -2.06. The van der Waals surface area contributed by atoms with E-state index in [0.717, 1.165) is 21.7 Å². The lowest BCUT2D eigenvalue weighted by molar-refractivity contribution is 0.107. The molecule has 0 aliphatic rings. The van der Waals surface area contributed by atoms with Gasteiger partial charge in [0.1, 0.15) is 0 Å². The maximum atomic E-state index is 5.82. The van der Waals surface area contributed by atoms with Gasteiger partial charge < -0.3 is 10.5 Å². The highest BCUT2D eigenvalue weighted by atomic mass is 35.5. The molecule has 2 rings (SSSR count). The Balaban J connectivity index is 1.86. The molecule has 18 heavy (non-hydrogen) atoms. The molecule has 94 valence electrons. The quantitative estimate of drug-likeness (QED) is 0.894. The van der Waals surface area contributed by atoms with Gasteiger partial charge in [0.2, 0.25) is 0 Å². The van der Waals surface area contributed by atoms with Crippen LogP contribution >= 0.6 is 11.6 Å². The van der Waals surface area contributed by atoms with Crippen LogP contribution in [0.5, 0.6) is 0 Å². The number of nitrogens with two attached hydrogens (primary N) is 1. The molecule has 0 radical (unpaired) electrons. The highest BCUT2D eigenvalue weighted by Crippen LogP contribution is 2.12. The molecular weight excluding hydrogens is 246 g/mol. The maximum absolute atomic E-state index is 5.82. The minimum absolute atomic E-state index is 0.561. The number of benzene rings is 2. The van der Waals surface area contributed by atoms with Crippen molar-refractivity contribution < 1.29 is 4.74 Å². The summed E-state index contributed by atoms with van der Waals surface area (Å²) in [6.45, 7) is 1.74. The third-order valence-corrected chi connectivity index (χ3v) is 2.93. The zero-order valence-electron chi connectivity index (χ0n) is 10.1. The molecule has 0 heterocycles. The third kappa shape index (κ3) is 3.84. The molecule has 0 amide bonds. The van der Waals surface area contributed by atoms with E-state index < -0.39 is 0 Å². The number of rotatable bonds is 5. The van der Waals surface area contributed by atoms with Crippen molar-refractivity contribution in [3.05, 3.63) is 70.2 Å². The Labute approximate surface area is 112 Å². The molecule has 2 nitrogen and oxygen atoms in total.